The van der Waals surface area contributed by atoms with Gasteiger partial charge in [-0.2, -0.15) is 23.4 Å². The van der Waals surface area contributed by atoms with Crippen LogP contribution in [0.3, 0.4) is 0 Å². The maximum Gasteiger partial charge on any atom is 0.294 e. The number of rotatable bonds is 12. The predicted octanol–water partition coefficient (Wildman–Crippen LogP) is 1.53. The molecule has 0 spiro atoms. The van der Waals surface area contributed by atoms with Crippen LogP contribution in [0.1, 0.15) is 11.1 Å². The molecule has 0 saturated carbocycles. The number of nitrogens with one attached hydrogen (secondary N) is 3. The lowest BCUT2D eigenvalue weighted by molar-refractivity contribution is -0.432. The van der Waals surface area contributed by atoms with Crippen molar-refractivity contribution < 1.29 is 36.0 Å². The van der Waals surface area contributed by atoms with Crippen molar-refractivity contribution in [1.82, 2.24) is 19.7 Å². The minimum absolute atomic E-state index is 0.0737. The summed E-state index contributed by atoms with van der Waals surface area (Å²) in [6.07, 6.45) is 1.07. The molecule has 0 amide bonds. The number of nitrogens with two attached hydrogens (primary N) is 1. The van der Waals surface area contributed by atoms with Gasteiger partial charge in [-0.05, 0) is 29.3 Å². The summed E-state index contributed by atoms with van der Waals surface area (Å²) in [4.78, 5) is 12.0. The molecule has 0 aliphatic carbocycles. The first-order valence-corrected chi connectivity index (χ1v) is 13.8. The van der Waals surface area contributed by atoms with E-state index in [0.29, 0.717) is 12.0 Å². The molecule has 7 N–H and O–H groups in total. The van der Waals surface area contributed by atoms with Gasteiger partial charge in [0.15, 0.2) is 0 Å². The van der Waals surface area contributed by atoms with Crippen molar-refractivity contribution in [1.29, 1.82) is 0 Å². The van der Waals surface area contributed by atoms with Crippen LogP contribution in [0.15, 0.2) is 52.3 Å². The average Bonchev–Trinajstić information content (AvgIpc) is 2.79. The lowest BCUT2D eigenvalue weighted by Gasteiger charge is -2.12. The van der Waals surface area contributed by atoms with Crippen molar-refractivity contribution in [2.45, 2.75) is 22.9 Å². The lowest BCUT2D eigenvalue weighted by Crippen LogP contribution is -2.21. The fraction of sp³-hybridized carbons (Fsp3) is 0.167. The first-order chi connectivity index (χ1) is 16.9. The maximum atomic E-state index is 11.5. The molecule has 1 heterocycles. The Morgan fingerprint density at radius 3 is 2.36 bits per heavy atom. The van der Waals surface area contributed by atoms with Gasteiger partial charge in [-0.15, -0.1) is 4.33 Å². The summed E-state index contributed by atoms with van der Waals surface area (Å²) in [5.41, 5.74) is 7.40. The van der Waals surface area contributed by atoms with Crippen molar-refractivity contribution in [3.63, 3.8) is 0 Å². The number of hydrogen-bond donors (Lipinski definition) is 6. The number of benzene rings is 2. The Balaban J connectivity index is 1.78. The predicted molar refractivity (Wildman–Crippen MR) is 130 cm³/mol. The number of aromatic nitrogens is 3. The second-order valence-corrected chi connectivity index (χ2v) is 11.1. The van der Waals surface area contributed by atoms with Gasteiger partial charge in [-0.1, -0.05) is 29.3 Å². The van der Waals surface area contributed by atoms with Crippen molar-refractivity contribution in [3.8, 4) is 0 Å². The van der Waals surface area contributed by atoms with E-state index in [-0.39, 0.29) is 41.5 Å². The van der Waals surface area contributed by atoms with Crippen molar-refractivity contribution >= 4 is 55.7 Å². The molecule has 0 aliphatic rings. The summed E-state index contributed by atoms with van der Waals surface area (Å²) < 4.78 is 61.8. The van der Waals surface area contributed by atoms with Gasteiger partial charge in [0.25, 0.3) is 10.1 Å². The quantitative estimate of drug-likeness (QED) is 0.0800. The lowest BCUT2D eigenvalue weighted by atomic mass is 10.1. The van der Waals surface area contributed by atoms with E-state index < -0.39 is 25.0 Å². The average molecular weight is 560 g/mol. The van der Waals surface area contributed by atoms with Crippen LogP contribution in [0.4, 0.5) is 23.5 Å². The van der Waals surface area contributed by atoms with E-state index in [1.165, 1.54) is 6.07 Å². The monoisotopic (exact) mass is 559 g/mol. The fourth-order valence-electron chi connectivity index (χ4n) is 2.78. The second kappa shape index (κ2) is 11.8. The highest BCUT2D eigenvalue weighted by Crippen LogP contribution is 2.32. The summed E-state index contributed by atoms with van der Waals surface area (Å²) >= 11 is 0.536. The third-order valence-electron chi connectivity index (χ3n) is 4.28. The van der Waals surface area contributed by atoms with Crippen molar-refractivity contribution in [3.05, 3.63) is 53.6 Å². The molecule has 0 radical (unpaired) electrons. The minimum Gasteiger partial charge on any atom is -0.368 e. The summed E-state index contributed by atoms with van der Waals surface area (Å²) in [7, 11) is -7.86. The molecule has 36 heavy (non-hydrogen) atoms. The minimum atomic E-state index is -4.53. The maximum absolute atomic E-state index is 11.5. The summed E-state index contributed by atoms with van der Waals surface area (Å²) in [5, 5.41) is 17.7. The Kier molecular flexibility index (Phi) is 8.98. The molecule has 3 rings (SSSR count). The van der Waals surface area contributed by atoms with Crippen LogP contribution < -0.4 is 21.1 Å². The van der Waals surface area contributed by atoms with E-state index >= 15 is 0 Å². The number of hydrogen-bond acceptors (Lipinski definition) is 14. The Morgan fingerprint density at radius 2 is 1.69 bits per heavy atom. The Morgan fingerprint density at radius 1 is 1.00 bits per heavy atom. The van der Waals surface area contributed by atoms with Crippen LogP contribution in [0, 0.1) is 0 Å². The molecule has 0 fully saturated rings. The summed E-state index contributed by atoms with van der Waals surface area (Å²) in [6.45, 7) is 0.393. The topological polar surface area (TPSA) is 228 Å². The molecule has 3 aromatic rings. The van der Waals surface area contributed by atoms with E-state index in [1.54, 1.807) is 18.2 Å². The van der Waals surface area contributed by atoms with Crippen molar-refractivity contribution in [2.75, 3.05) is 22.6 Å². The van der Waals surface area contributed by atoms with Gasteiger partial charge in [0.2, 0.25) is 27.9 Å². The van der Waals surface area contributed by atoms with Crippen LogP contribution in [-0.2, 0) is 42.6 Å². The largest absolute Gasteiger partial charge is 0.368 e. The van der Waals surface area contributed by atoms with E-state index in [2.05, 4.69) is 39.7 Å². The molecule has 0 aliphatic heterocycles. The fourth-order valence-corrected chi connectivity index (χ4v) is 4.15. The van der Waals surface area contributed by atoms with Gasteiger partial charge >= 0.3 is 0 Å². The van der Waals surface area contributed by atoms with Crippen LogP contribution in [0.5, 0.6) is 0 Å². The van der Waals surface area contributed by atoms with Crippen LogP contribution in [-0.4, -0.2) is 47.9 Å². The van der Waals surface area contributed by atoms with Crippen LogP contribution in [0.25, 0.3) is 0 Å². The number of anilines is 4. The molecule has 1 aromatic heterocycles. The zero-order chi connectivity index (χ0) is 26.3. The smallest absolute Gasteiger partial charge is 0.294 e. The molecular formula is C18H21N7O8S3. The van der Waals surface area contributed by atoms with Gasteiger partial charge in [0, 0.05) is 13.1 Å². The third-order valence-corrected chi connectivity index (χ3v) is 6.47. The standard InChI is InChI=1S/C18H21N7O8S3/c1-35(27,28)21-10-12-4-2-3-11(7-12)9-20-17-23-16(19)24-18(25-17)22-14-8-13(36(29,30)31)5-6-15(14)34-33-32-26/h2-8,21,26H,9-10H2,1H3,(H,29,30,31)(H4,19,20,22,23,24,25). The highest BCUT2D eigenvalue weighted by molar-refractivity contribution is 7.94. The van der Waals surface area contributed by atoms with Crippen molar-refractivity contribution in [2.24, 2.45) is 0 Å². The zero-order valence-corrected chi connectivity index (χ0v) is 20.9. The van der Waals surface area contributed by atoms with E-state index in [4.69, 9.17) is 11.0 Å². The number of nitrogen functional groups attached to an aromatic ring is 1. The van der Waals surface area contributed by atoms with E-state index in [1.807, 2.05) is 6.07 Å². The van der Waals surface area contributed by atoms with Gasteiger partial charge in [0.05, 0.1) is 33.8 Å². The highest BCUT2D eigenvalue weighted by atomic mass is 32.2. The normalized spacial score (nSPS) is 11.9. The van der Waals surface area contributed by atoms with E-state index in [0.717, 1.165) is 29.5 Å². The highest BCUT2D eigenvalue weighted by Gasteiger charge is 2.16. The van der Waals surface area contributed by atoms with Gasteiger partial charge < -0.3 is 16.4 Å². The molecule has 0 unspecified atom stereocenters. The SMILES string of the molecule is CS(=O)(=O)NCc1cccc(CNc2nc(N)nc(Nc3cc(S(=O)(=O)O)ccc3SOOO)n2)c1. The molecule has 18 heteroatoms. The number of nitrogens with zero attached hydrogens (tertiary/aromatic N) is 3. The summed E-state index contributed by atoms with van der Waals surface area (Å²) in [5.74, 6) is -0.147. The van der Waals surface area contributed by atoms with Gasteiger partial charge in [-0.3, -0.25) is 4.55 Å². The Bertz CT molecular complexity index is 1440. The Hall–Kier alpha value is -3.10. The van der Waals surface area contributed by atoms with Crippen LogP contribution in [0.2, 0.25) is 0 Å². The van der Waals surface area contributed by atoms with E-state index in [9.17, 15) is 21.4 Å². The summed E-state index contributed by atoms with van der Waals surface area (Å²) in [6, 6.07) is 10.6. The molecular weight excluding hydrogens is 538 g/mol. The second-order valence-electron chi connectivity index (χ2n) is 7.09. The Labute approximate surface area is 210 Å². The zero-order valence-electron chi connectivity index (χ0n) is 18.4. The van der Waals surface area contributed by atoms with Crippen LogP contribution >= 0.6 is 12.0 Å². The molecule has 0 saturated heterocycles. The molecule has 2 aromatic carbocycles. The van der Waals surface area contributed by atoms with Gasteiger partial charge in [0.1, 0.15) is 0 Å². The molecule has 15 nitrogen and oxygen atoms in total. The third kappa shape index (κ3) is 8.53. The molecule has 0 atom stereocenters. The van der Waals surface area contributed by atoms with Gasteiger partial charge in [-0.25, -0.2) is 18.4 Å². The first kappa shape index (κ1) is 27.5. The number of sulfonamides is 1. The molecule has 194 valence electrons. The molecule has 0 bridgehead atoms. The first-order valence-electron chi connectivity index (χ1n) is 9.74.